The molecule has 1 aliphatic carbocycles. The molecule has 2 aromatic rings. The number of piperidine rings is 2. The third-order valence-electron chi connectivity index (χ3n) is 8.78. The van der Waals surface area contributed by atoms with Gasteiger partial charge in [0.15, 0.2) is 0 Å². The van der Waals surface area contributed by atoms with Crippen LogP contribution in [0.15, 0.2) is 23.0 Å². The molecular weight excluding hydrogens is 446 g/mol. The second-order valence-electron chi connectivity index (χ2n) is 11.0. The Balaban J connectivity index is 1.07. The number of aryl methyl sites for hydroxylation is 1. The number of rotatable bonds is 6. The summed E-state index contributed by atoms with van der Waals surface area (Å²) in [7, 11) is 1.75. The fraction of sp³-hybridized carbons (Fsp3) is 0.654. The number of hydrogen-bond donors (Lipinski definition) is 2. The van der Waals surface area contributed by atoms with Gasteiger partial charge in [0.25, 0.3) is 0 Å². The maximum Gasteiger partial charge on any atom is 0.329 e. The first-order valence-corrected chi connectivity index (χ1v) is 13.0. The molecule has 4 heterocycles. The van der Waals surface area contributed by atoms with Gasteiger partial charge >= 0.3 is 5.69 Å². The normalized spacial score (nSPS) is 25.6. The van der Waals surface area contributed by atoms with Crippen molar-refractivity contribution in [1.29, 1.82) is 0 Å². The minimum absolute atomic E-state index is 0.215. The van der Waals surface area contributed by atoms with Gasteiger partial charge in [0.1, 0.15) is 6.04 Å². The summed E-state index contributed by atoms with van der Waals surface area (Å²) < 4.78 is 9.29. The van der Waals surface area contributed by atoms with Crippen LogP contribution in [0.2, 0.25) is 0 Å². The maximum absolute atomic E-state index is 13.0. The van der Waals surface area contributed by atoms with E-state index >= 15 is 0 Å². The van der Waals surface area contributed by atoms with E-state index in [4.69, 9.17) is 4.74 Å². The van der Waals surface area contributed by atoms with Gasteiger partial charge in [-0.25, -0.2) is 4.79 Å². The average molecular weight is 482 g/mol. The molecule has 3 aliphatic heterocycles. The SMILES string of the molecule is Cn1c(=O)n(C2CCC(=O)NC2=O)c2ccc(C3CCN(CCOC4CC5(CNC5)C4)CC3)cc21. The summed E-state index contributed by atoms with van der Waals surface area (Å²) in [4.78, 5) is 39.5. The highest BCUT2D eigenvalue weighted by Gasteiger charge is 2.48. The summed E-state index contributed by atoms with van der Waals surface area (Å²) in [6.07, 6.45) is 5.68. The molecule has 1 unspecified atom stereocenters. The fourth-order valence-corrected chi connectivity index (χ4v) is 6.49. The lowest BCUT2D eigenvalue weighted by atomic mass is 9.63. The smallest absolute Gasteiger partial charge is 0.329 e. The van der Waals surface area contributed by atoms with Crippen LogP contribution >= 0.6 is 0 Å². The number of nitrogens with zero attached hydrogens (tertiary/aromatic N) is 3. The van der Waals surface area contributed by atoms with Crippen molar-refractivity contribution in [3.8, 4) is 0 Å². The second-order valence-corrected chi connectivity index (χ2v) is 11.0. The molecule has 9 nitrogen and oxygen atoms in total. The Kier molecular flexibility index (Phi) is 5.81. The number of fused-ring (bicyclic) bond motifs is 1. The van der Waals surface area contributed by atoms with E-state index in [0.717, 1.165) is 50.1 Å². The average Bonchev–Trinajstić information content (AvgIpc) is 3.04. The van der Waals surface area contributed by atoms with E-state index in [1.165, 1.54) is 31.5 Å². The van der Waals surface area contributed by atoms with Crippen LogP contribution in [-0.4, -0.2) is 71.3 Å². The quantitative estimate of drug-likeness (QED) is 0.603. The molecule has 0 bridgehead atoms. The van der Waals surface area contributed by atoms with Gasteiger partial charge in [-0.3, -0.25) is 24.0 Å². The molecule has 1 aromatic carbocycles. The number of carbonyl (C=O) groups is 2. The number of amides is 2. The molecule has 1 spiro atoms. The lowest BCUT2D eigenvalue weighted by molar-refractivity contribution is -0.135. The summed E-state index contributed by atoms with van der Waals surface area (Å²) in [5.41, 5.74) is 3.19. The molecule has 3 saturated heterocycles. The van der Waals surface area contributed by atoms with Gasteiger partial charge in [-0.05, 0) is 68.8 Å². The molecule has 6 rings (SSSR count). The van der Waals surface area contributed by atoms with E-state index in [1.807, 2.05) is 6.07 Å². The van der Waals surface area contributed by atoms with Gasteiger partial charge in [0.2, 0.25) is 11.8 Å². The van der Waals surface area contributed by atoms with E-state index < -0.39 is 11.9 Å². The molecular formula is C26H35N5O4. The Hall–Kier alpha value is -2.49. The number of carbonyl (C=O) groups excluding carboxylic acids is 2. The minimum Gasteiger partial charge on any atom is -0.377 e. The first kappa shape index (κ1) is 22.9. The first-order chi connectivity index (χ1) is 16.9. The zero-order valence-corrected chi connectivity index (χ0v) is 20.4. The number of imidazole rings is 1. The van der Waals surface area contributed by atoms with Crippen molar-refractivity contribution < 1.29 is 14.3 Å². The number of hydrogen-bond acceptors (Lipinski definition) is 6. The fourth-order valence-electron chi connectivity index (χ4n) is 6.49. The van der Waals surface area contributed by atoms with Gasteiger partial charge in [0.05, 0.1) is 23.7 Å². The van der Waals surface area contributed by atoms with Crippen molar-refractivity contribution in [3.63, 3.8) is 0 Å². The Morgan fingerprint density at radius 2 is 1.83 bits per heavy atom. The zero-order chi connectivity index (χ0) is 24.2. The molecule has 35 heavy (non-hydrogen) atoms. The van der Waals surface area contributed by atoms with Crippen LogP contribution < -0.4 is 16.3 Å². The molecule has 4 aliphatic rings. The van der Waals surface area contributed by atoms with E-state index in [1.54, 1.807) is 16.2 Å². The highest BCUT2D eigenvalue weighted by Crippen LogP contribution is 2.45. The van der Waals surface area contributed by atoms with Gasteiger partial charge in [0, 0.05) is 38.5 Å². The van der Waals surface area contributed by atoms with Crippen molar-refractivity contribution in [3.05, 3.63) is 34.2 Å². The lowest BCUT2D eigenvalue weighted by Crippen LogP contribution is -2.62. The highest BCUT2D eigenvalue weighted by molar-refractivity contribution is 6.00. The minimum atomic E-state index is -0.643. The van der Waals surface area contributed by atoms with Crippen LogP contribution in [0, 0.1) is 5.41 Å². The second kappa shape index (κ2) is 8.87. The molecule has 188 valence electrons. The largest absolute Gasteiger partial charge is 0.377 e. The predicted octanol–water partition coefficient (Wildman–Crippen LogP) is 1.27. The van der Waals surface area contributed by atoms with Crippen molar-refractivity contribution in [2.75, 3.05) is 39.3 Å². The number of likely N-dealkylation sites (tertiary alicyclic amines) is 1. The molecule has 2 N–H and O–H groups in total. The summed E-state index contributed by atoms with van der Waals surface area (Å²) in [6, 6.07) is 5.55. The molecule has 4 fully saturated rings. The summed E-state index contributed by atoms with van der Waals surface area (Å²) in [5, 5.41) is 5.74. The summed E-state index contributed by atoms with van der Waals surface area (Å²) in [5.74, 6) is -0.210. The van der Waals surface area contributed by atoms with Crippen molar-refractivity contribution in [2.45, 2.75) is 56.6 Å². The van der Waals surface area contributed by atoms with Gasteiger partial charge in [-0.2, -0.15) is 0 Å². The van der Waals surface area contributed by atoms with Crippen LogP contribution in [0.1, 0.15) is 56.0 Å². The van der Waals surface area contributed by atoms with Crippen LogP contribution in [0.4, 0.5) is 0 Å². The third kappa shape index (κ3) is 4.13. The predicted molar refractivity (Wildman–Crippen MR) is 131 cm³/mol. The van der Waals surface area contributed by atoms with Crippen molar-refractivity contribution in [1.82, 2.24) is 24.7 Å². The van der Waals surface area contributed by atoms with Crippen LogP contribution in [0.3, 0.4) is 0 Å². The number of nitrogens with one attached hydrogen (secondary N) is 2. The third-order valence-corrected chi connectivity index (χ3v) is 8.78. The Bertz CT molecular complexity index is 1200. The number of imide groups is 1. The highest BCUT2D eigenvalue weighted by atomic mass is 16.5. The standard InChI is InChI=1S/C26H35N5O4/c1-29-22-12-18(2-3-20(22)31(25(29)34)21-4-5-23(32)28-24(21)33)17-6-8-30(9-7-17)10-11-35-19-13-26(14-19)15-27-16-26/h2-3,12,17,19,21,27H,4-11,13-16H2,1H3,(H,28,32,33). The van der Waals surface area contributed by atoms with E-state index in [2.05, 4.69) is 27.7 Å². The Morgan fingerprint density at radius 3 is 2.51 bits per heavy atom. The van der Waals surface area contributed by atoms with Gasteiger partial charge in [-0.15, -0.1) is 0 Å². The van der Waals surface area contributed by atoms with Crippen molar-refractivity contribution >= 4 is 22.8 Å². The number of benzene rings is 1. The lowest BCUT2D eigenvalue weighted by Gasteiger charge is -2.54. The van der Waals surface area contributed by atoms with Gasteiger partial charge < -0.3 is 15.0 Å². The Morgan fingerprint density at radius 1 is 1.06 bits per heavy atom. The monoisotopic (exact) mass is 481 g/mol. The zero-order valence-electron chi connectivity index (χ0n) is 20.4. The molecule has 1 atom stereocenters. The van der Waals surface area contributed by atoms with Crippen LogP contribution in [0.25, 0.3) is 11.0 Å². The topological polar surface area (TPSA) is 97.6 Å². The van der Waals surface area contributed by atoms with Crippen LogP contribution in [-0.2, 0) is 21.4 Å². The Labute approximate surface area is 204 Å². The molecule has 0 radical (unpaired) electrons. The summed E-state index contributed by atoms with van der Waals surface area (Å²) in [6.45, 7) is 6.27. The molecule has 1 saturated carbocycles. The number of aromatic nitrogens is 2. The van der Waals surface area contributed by atoms with E-state index in [0.29, 0.717) is 23.9 Å². The van der Waals surface area contributed by atoms with Gasteiger partial charge in [-0.1, -0.05) is 6.07 Å². The van der Waals surface area contributed by atoms with E-state index in [9.17, 15) is 14.4 Å². The number of ether oxygens (including phenoxy) is 1. The van der Waals surface area contributed by atoms with E-state index in [-0.39, 0.29) is 18.0 Å². The molecule has 1 aromatic heterocycles. The van der Waals surface area contributed by atoms with Crippen LogP contribution in [0.5, 0.6) is 0 Å². The summed E-state index contributed by atoms with van der Waals surface area (Å²) >= 11 is 0. The first-order valence-electron chi connectivity index (χ1n) is 13.0. The molecule has 2 amide bonds. The van der Waals surface area contributed by atoms with Crippen molar-refractivity contribution in [2.24, 2.45) is 12.5 Å². The molecule has 9 heteroatoms. The maximum atomic E-state index is 13.0.